The lowest BCUT2D eigenvalue weighted by Gasteiger charge is -2.10. The molecule has 0 saturated heterocycles. The van der Waals surface area contributed by atoms with Crippen molar-refractivity contribution in [3.63, 3.8) is 0 Å². The Morgan fingerprint density at radius 1 is 1.18 bits per heavy atom. The number of hydrogen-bond donors (Lipinski definition) is 1. The normalized spacial score (nSPS) is 11.1. The number of hydrazone groups is 1. The zero-order valence-electron chi connectivity index (χ0n) is 17.3. The van der Waals surface area contributed by atoms with Crippen LogP contribution < -0.4 is 5.43 Å². The van der Waals surface area contributed by atoms with Crippen molar-refractivity contribution in [1.82, 2.24) is 30.3 Å². The van der Waals surface area contributed by atoms with Crippen LogP contribution in [0.15, 0.2) is 70.9 Å². The van der Waals surface area contributed by atoms with Gasteiger partial charge < -0.3 is 0 Å². The molecule has 0 unspecified atom stereocenters. The van der Waals surface area contributed by atoms with Gasteiger partial charge in [0.05, 0.1) is 35.1 Å². The third kappa shape index (κ3) is 5.43. The van der Waals surface area contributed by atoms with Crippen molar-refractivity contribution in [2.45, 2.75) is 11.9 Å². The van der Waals surface area contributed by atoms with Crippen molar-refractivity contribution < 1.29 is 4.79 Å². The van der Waals surface area contributed by atoms with E-state index < -0.39 is 0 Å². The Hall–Kier alpha value is -4.01. The van der Waals surface area contributed by atoms with Crippen molar-refractivity contribution in [2.24, 2.45) is 5.10 Å². The minimum Gasteiger partial charge on any atom is -0.272 e. The van der Waals surface area contributed by atoms with Crippen LogP contribution in [-0.2, 0) is 4.79 Å². The minimum absolute atomic E-state index is 0.0206. The van der Waals surface area contributed by atoms with Gasteiger partial charge in [0.1, 0.15) is 22.5 Å². The van der Waals surface area contributed by atoms with Crippen LogP contribution in [0.2, 0.25) is 0 Å². The molecule has 33 heavy (non-hydrogen) atoms. The first-order valence-corrected chi connectivity index (χ1v) is 11.5. The monoisotopic (exact) mass is 472 g/mol. The molecule has 1 amide bonds. The topological polar surface area (TPSA) is 130 Å². The summed E-state index contributed by atoms with van der Waals surface area (Å²) in [6.45, 7) is 1.73. The Kier molecular flexibility index (Phi) is 7.09. The molecule has 9 nitrogen and oxygen atoms in total. The van der Waals surface area contributed by atoms with Crippen LogP contribution in [0, 0.1) is 11.3 Å². The van der Waals surface area contributed by atoms with Gasteiger partial charge in [-0.15, -0.1) is 11.3 Å². The van der Waals surface area contributed by atoms with Crippen molar-refractivity contribution in [1.29, 1.82) is 5.26 Å². The summed E-state index contributed by atoms with van der Waals surface area (Å²) in [5, 5.41) is 16.3. The molecular formula is C22H16N8OS2. The number of aromatic nitrogens is 5. The third-order valence-corrected chi connectivity index (χ3v) is 6.21. The Morgan fingerprint density at radius 3 is 2.67 bits per heavy atom. The molecule has 0 atom stereocenters. The van der Waals surface area contributed by atoms with E-state index in [0.717, 1.165) is 22.2 Å². The first-order chi connectivity index (χ1) is 16.2. The Bertz CT molecular complexity index is 1320. The molecule has 0 radical (unpaired) electrons. The number of rotatable bonds is 7. The van der Waals surface area contributed by atoms with Gasteiger partial charge in [-0.3, -0.25) is 24.7 Å². The maximum Gasteiger partial charge on any atom is 0.250 e. The van der Waals surface area contributed by atoms with E-state index >= 15 is 0 Å². The minimum atomic E-state index is -0.337. The SMILES string of the molecule is C/C(=N\NC(=O)CSc1nc(-c2cnccn2)cc(-c2cccs2)c1C#N)c1cnccn1. The number of amides is 1. The van der Waals surface area contributed by atoms with Gasteiger partial charge in [0, 0.05) is 35.2 Å². The van der Waals surface area contributed by atoms with Crippen molar-refractivity contribution >= 4 is 34.7 Å². The summed E-state index contributed by atoms with van der Waals surface area (Å²) in [7, 11) is 0. The highest BCUT2D eigenvalue weighted by atomic mass is 32.2. The molecular weight excluding hydrogens is 456 g/mol. The van der Waals surface area contributed by atoms with Crippen LogP contribution in [0.1, 0.15) is 18.2 Å². The van der Waals surface area contributed by atoms with E-state index in [-0.39, 0.29) is 11.7 Å². The summed E-state index contributed by atoms with van der Waals surface area (Å²) in [5.41, 5.74) is 5.90. The Morgan fingerprint density at radius 2 is 2.00 bits per heavy atom. The number of carbonyl (C=O) groups is 1. The molecule has 162 valence electrons. The van der Waals surface area contributed by atoms with E-state index in [1.54, 1.807) is 44.1 Å². The summed E-state index contributed by atoms with van der Waals surface area (Å²) in [6.07, 6.45) is 9.45. The summed E-state index contributed by atoms with van der Waals surface area (Å²) in [5.74, 6) is -0.316. The van der Waals surface area contributed by atoms with E-state index in [1.807, 2.05) is 23.6 Å². The molecule has 4 rings (SSSR count). The highest BCUT2D eigenvalue weighted by Crippen LogP contribution is 2.35. The lowest BCUT2D eigenvalue weighted by molar-refractivity contribution is -0.118. The molecule has 1 N–H and O–H groups in total. The second-order valence-electron chi connectivity index (χ2n) is 6.53. The van der Waals surface area contributed by atoms with Gasteiger partial charge in [-0.1, -0.05) is 17.8 Å². The molecule has 0 spiro atoms. The van der Waals surface area contributed by atoms with E-state index in [4.69, 9.17) is 0 Å². The summed E-state index contributed by atoms with van der Waals surface area (Å²) in [6, 6.07) is 7.92. The van der Waals surface area contributed by atoms with Gasteiger partial charge in [-0.05, 0) is 24.4 Å². The molecule has 0 aromatic carbocycles. The number of thiophene rings is 1. The number of pyridine rings is 1. The maximum absolute atomic E-state index is 12.4. The number of nitrogens with zero attached hydrogens (tertiary/aromatic N) is 7. The molecule has 4 aromatic rings. The lowest BCUT2D eigenvalue weighted by Crippen LogP contribution is -2.21. The predicted octanol–water partition coefficient (Wildman–Crippen LogP) is 3.56. The van der Waals surface area contributed by atoms with Gasteiger partial charge in [-0.2, -0.15) is 10.4 Å². The van der Waals surface area contributed by atoms with Crippen LogP contribution in [0.4, 0.5) is 0 Å². The van der Waals surface area contributed by atoms with Crippen LogP contribution in [0.25, 0.3) is 21.8 Å². The number of thioether (sulfide) groups is 1. The van der Waals surface area contributed by atoms with E-state index in [9.17, 15) is 10.1 Å². The highest BCUT2D eigenvalue weighted by Gasteiger charge is 2.18. The largest absolute Gasteiger partial charge is 0.272 e. The van der Waals surface area contributed by atoms with Crippen molar-refractivity contribution in [3.05, 3.63) is 72.0 Å². The lowest BCUT2D eigenvalue weighted by atomic mass is 10.1. The predicted molar refractivity (Wildman–Crippen MR) is 126 cm³/mol. The standard InChI is InChI=1S/C22H16N8OS2/c1-14(18-11-24-4-6-26-18)29-30-21(31)13-33-22-16(10-23)15(20-3-2-8-32-20)9-17(28-22)19-12-25-5-7-27-19/h2-9,11-12H,13H2,1H3,(H,30,31)/b29-14+. The number of nitriles is 1. The van der Waals surface area contributed by atoms with Gasteiger partial charge in [0.25, 0.3) is 0 Å². The molecule has 0 aliphatic carbocycles. The van der Waals surface area contributed by atoms with Gasteiger partial charge >= 0.3 is 0 Å². The Labute approximate surface area is 197 Å². The molecule has 4 heterocycles. The summed E-state index contributed by atoms with van der Waals surface area (Å²) < 4.78 is 0. The number of hydrogen-bond acceptors (Lipinski definition) is 10. The zero-order chi connectivity index (χ0) is 23.0. The van der Waals surface area contributed by atoms with Crippen LogP contribution in [0.5, 0.6) is 0 Å². The Balaban J connectivity index is 1.58. The first kappa shape index (κ1) is 22.2. The second kappa shape index (κ2) is 10.5. The average molecular weight is 473 g/mol. The zero-order valence-corrected chi connectivity index (χ0v) is 19.0. The molecule has 11 heteroatoms. The second-order valence-corrected chi connectivity index (χ2v) is 8.44. The third-order valence-electron chi connectivity index (χ3n) is 4.33. The highest BCUT2D eigenvalue weighted by molar-refractivity contribution is 8.00. The fourth-order valence-corrected chi connectivity index (χ4v) is 4.32. The van der Waals surface area contributed by atoms with E-state index in [1.165, 1.54) is 11.3 Å². The fourth-order valence-electron chi connectivity index (χ4n) is 2.78. The molecule has 4 aromatic heterocycles. The number of nitrogens with one attached hydrogen (secondary N) is 1. The van der Waals surface area contributed by atoms with Gasteiger partial charge in [-0.25, -0.2) is 10.4 Å². The number of carbonyl (C=O) groups excluding carboxylic acids is 1. The van der Waals surface area contributed by atoms with E-state index in [2.05, 4.69) is 41.5 Å². The average Bonchev–Trinajstić information content (AvgIpc) is 3.41. The van der Waals surface area contributed by atoms with Gasteiger partial charge in [0.2, 0.25) is 5.91 Å². The van der Waals surface area contributed by atoms with Crippen LogP contribution in [0.3, 0.4) is 0 Å². The molecule has 0 saturated carbocycles. The molecule has 0 fully saturated rings. The smallest absolute Gasteiger partial charge is 0.250 e. The summed E-state index contributed by atoms with van der Waals surface area (Å²) in [4.78, 5) is 34.5. The molecule has 0 aliphatic heterocycles. The quantitative estimate of drug-likeness (QED) is 0.245. The van der Waals surface area contributed by atoms with Crippen LogP contribution >= 0.6 is 23.1 Å². The van der Waals surface area contributed by atoms with Crippen LogP contribution in [-0.4, -0.2) is 42.3 Å². The van der Waals surface area contributed by atoms with Gasteiger partial charge in [0.15, 0.2) is 0 Å². The van der Waals surface area contributed by atoms with Crippen molar-refractivity contribution in [3.8, 4) is 27.9 Å². The molecule has 0 bridgehead atoms. The summed E-state index contributed by atoms with van der Waals surface area (Å²) >= 11 is 2.68. The molecule has 0 aliphatic rings. The first-order valence-electron chi connectivity index (χ1n) is 9.63. The van der Waals surface area contributed by atoms with Crippen molar-refractivity contribution in [2.75, 3.05) is 5.75 Å². The fraction of sp³-hybridized carbons (Fsp3) is 0.0909. The van der Waals surface area contributed by atoms with E-state index in [0.29, 0.717) is 33.4 Å². The maximum atomic E-state index is 12.4.